The van der Waals surface area contributed by atoms with Crippen molar-refractivity contribution in [1.82, 2.24) is 9.55 Å². The smallest absolute Gasteiger partial charge is 0.145 e. The zero-order valence-corrected chi connectivity index (χ0v) is 16.8. The predicted molar refractivity (Wildman–Crippen MR) is 128 cm³/mol. The van der Waals surface area contributed by atoms with Crippen LogP contribution < -0.4 is 0 Å². The Balaban J connectivity index is 1.62. The molecule has 0 radical (unpaired) electrons. The molecular formula is C29H18N2. The first-order valence-electron chi connectivity index (χ1n) is 10.3. The number of benzene rings is 4. The van der Waals surface area contributed by atoms with Gasteiger partial charge in [0.25, 0.3) is 0 Å². The van der Waals surface area contributed by atoms with Crippen LogP contribution in [0.3, 0.4) is 0 Å². The standard InChI is InChI=1S/C29H18N2/c1-3-9-21(10-4-1)17-18-22-13-8-16-27-25(22)20-19-23-14-7-15-26-28(23)31(27)29(30-26)24-11-5-2-6-12-24/h1-18H/b18-17+. The van der Waals surface area contributed by atoms with Crippen LogP contribution in [0.2, 0.25) is 0 Å². The summed E-state index contributed by atoms with van der Waals surface area (Å²) in [7, 11) is 0. The summed E-state index contributed by atoms with van der Waals surface area (Å²) in [6, 6.07) is 33.2. The fourth-order valence-electron chi connectivity index (χ4n) is 4.14. The highest BCUT2D eigenvalue weighted by Crippen LogP contribution is 2.34. The molecule has 0 unspecified atom stereocenters. The van der Waals surface area contributed by atoms with Gasteiger partial charge in [0.2, 0.25) is 0 Å². The molecule has 0 atom stereocenters. The Hall–Kier alpha value is -4.35. The largest absolute Gasteiger partial charge is 0.290 e. The van der Waals surface area contributed by atoms with Crippen LogP contribution in [-0.2, 0) is 0 Å². The minimum absolute atomic E-state index is 0.930. The zero-order chi connectivity index (χ0) is 20.6. The Morgan fingerprint density at radius 1 is 0.677 bits per heavy atom. The van der Waals surface area contributed by atoms with Crippen molar-refractivity contribution in [1.29, 1.82) is 0 Å². The zero-order valence-electron chi connectivity index (χ0n) is 16.8. The number of para-hydroxylation sites is 1. The molecule has 6 rings (SSSR count). The molecule has 0 N–H and O–H groups in total. The second kappa shape index (κ2) is 7.16. The van der Waals surface area contributed by atoms with Gasteiger partial charge in [-0.05, 0) is 29.3 Å². The molecule has 5 aromatic rings. The van der Waals surface area contributed by atoms with Crippen LogP contribution in [0, 0.1) is 11.8 Å². The van der Waals surface area contributed by atoms with Gasteiger partial charge in [0.05, 0.1) is 27.8 Å². The van der Waals surface area contributed by atoms with Gasteiger partial charge >= 0.3 is 0 Å². The molecule has 2 heteroatoms. The van der Waals surface area contributed by atoms with E-state index in [4.69, 9.17) is 4.98 Å². The number of hydrogen-bond donors (Lipinski definition) is 0. The van der Waals surface area contributed by atoms with Gasteiger partial charge in [-0.15, -0.1) is 0 Å². The van der Waals surface area contributed by atoms with E-state index in [0.717, 1.165) is 44.8 Å². The number of fused-ring (bicyclic) bond motifs is 2. The van der Waals surface area contributed by atoms with Gasteiger partial charge in [0.1, 0.15) is 5.82 Å². The van der Waals surface area contributed by atoms with E-state index in [-0.39, 0.29) is 0 Å². The summed E-state index contributed by atoms with van der Waals surface area (Å²) in [4.78, 5) is 5.00. The highest BCUT2D eigenvalue weighted by Gasteiger charge is 2.20. The first kappa shape index (κ1) is 17.5. The van der Waals surface area contributed by atoms with Gasteiger partial charge in [-0.2, -0.15) is 0 Å². The lowest BCUT2D eigenvalue weighted by molar-refractivity contribution is 1.10. The highest BCUT2D eigenvalue weighted by molar-refractivity contribution is 5.91. The van der Waals surface area contributed by atoms with Crippen molar-refractivity contribution in [3.8, 4) is 28.9 Å². The molecule has 2 heterocycles. The van der Waals surface area contributed by atoms with E-state index in [1.807, 2.05) is 18.2 Å². The summed E-state index contributed by atoms with van der Waals surface area (Å²) in [6.45, 7) is 0. The van der Waals surface area contributed by atoms with Crippen LogP contribution in [-0.4, -0.2) is 9.55 Å². The summed E-state index contributed by atoms with van der Waals surface area (Å²) < 4.78 is 2.25. The molecule has 0 bridgehead atoms. The van der Waals surface area contributed by atoms with Crippen LogP contribution in [0.25, 0.3) is 40.3 Å². The molecule has 31 heavy (non-hydrogen) atoms. The van der Waals surface area contributed by atoms with Crippen LogP contribution in [0.4, 0.5) is 0 Å². The van der Waals surface area contributed by atoms with Crippen molar-refractivity contribution < 1.29 is 0 Å². The maximum absolute atomic E-state index is 5.00. The van der Waals surface area contributed by atoms with Crippen LogP contribution in [0.5, 0.6) is 0 Å². The fraction of sp³-hybridized carbons (Fsp3) is 0. The topological polar surface area (TPSA) is 17.8 Å². The van der Waals surface area contributed by atoms with Crippen molar-refractivity contribution in [2.75, 3.05) is 0 Å². The van der Waals surface area contributed by atoms with E-state index in [0.29, 0.717) is 0 Å². The maximum Gasteiger partial charge on any atom is 0.145 e. The highest BCUT2D eigenvalue weighted by atomic mass is 15.1. The average Bonchev–Trinajstić information content (AvgIpc) is 3.14. The Morgan fingerprint density at radius 2 is 1.45 bits per heavy atom. The van der Waals surface area contributed by atoms with Crippen molar-refractivity contribution in [3.05, 3.63) is 119 Å². The SMILES string of the molecule is C1#Cc2cccc3nc(-c4ccccc4)n(c23)-c2cccc(/C=C/c3ccccc3)c21. The van der Waals surface area contributed by atoms with Crippen molar-refractivity contribution in [2.45, 2.75) is 0 Å². The van der Waals surface area contributed by atoms with Crippen molar-refractivity contribution in [2.24, 2.45) is 0 Å². The first-order chi connectivity index (χ1) is 15.4. The molecule has 2 nitrogen and oxygen atoms in total. The summed E-state index contributed by atoms with van der Waals surface area (Å²) in [6.07, 6.45) is 4.28. The van der Waals surface area contributed by atoms with Gasteiger partial charge in [-0.3, -0.25) is 4.57 Å². The van der Waals surface area contributed by atoms with Gasteiger partial charge in [-0.1, -0.05) is 103 Å². The normalized spacial score (nSPS) is 11.7. The molecule has 0 aliphatic carbocycles. The second-order valence-corrected chi connectivity index (χ2v) is 7.55. The minimum Gasteiger partial charge on any atom is -0.290 e. The first-order valence-corrected chi connectivity index (χ1v) is 10.3. The molecule has 0 spiro atoms. The molecule has 0 fully saturated rings. The van der Waals surface area contributed by atoms with E-state index < -0.39 is 0 Å². The number of imidazole rings is 1. The minimum atomic E-state index is 0.930. The van der Waals surface area contributed by atoms with Gasteiger partial charge in [0.15, 0.2) is 0 Å². The third-order valence-corrected chi connectivity index (χ3v) is 5.60. The van der Waals surface area contributed by atoms with Crippen molar-refractivity contribution >= 4 is 23.2 Å². The Morgan fingerprint density at radius 3 is 2.29 bits per heavy atom. The number of hydrogen-bond acceptors (Lipinski definition) is 1. The quantitative estimate of drug-likeness (QED) is 0.245. The van der Waals surface area contributed by atoms with E-state index in [2.05, 4.69) is 107 Å². The number of nitrogens with zero attached hydrogens (tertiary/aromatic N) is 2. The molecule has 1 aliphatic heterocycles. The molecule has 4 aromatic carbocycles. The van der Waals surface area contributed by atoms with Crippen LogP contribution >= 0.6 is 0 Å². The van der Waals surface area contributed by atoms with Gasteiger partial charge in [-0.25, -0.2) is 4.98 Å². The molecule has 1 aliphatic rings. The number of aromatic nitrogens is 2. The number of rotatable bonds is 3. The molecule has 1 aromatic heterocycles. The molecule has 0 saturated heterocycles. The Labute approximate surface area is 181 Å². The Bertz CT molecular complexity index is 1510. The Kier molecular flexibility index (Phi) is 4.04. The second-order valence-electron chi connectivity index (χ2n) is 7.55. The van der Waals surface area contributed by atoms with Gasteiger partial charge < -0.3 is 0 Å². The summed E-state index contributed by atoms with van der Waals surface area (Å²) in [5.74, 6) is 7.79. The lowest BCUT2D eigenvalue weighted by Crippen LogP contribution is -2.01. The monoisotopic (exact) mass is 394 g/mol. The van der Waals surface area contributed by atoms with E-state index in [9.17, 15) is 0 Å². The van der Waals surface area contributed by atoms with E-state index in [1.165, 1.54) is 5.56 Å². The molecule has 144 valence electrons. The average molecular weight is 394 g/mol. The van der Waals surface area contributed by atoms with E-state index in [1.54, 1.807) is 0 Å². The fourth-order valence-corrected chi connectivity index (χ4v) is 4.14. The third-order valence-electron chi connectivity index (χ3n) is 5.60. The lowest BCUT2D eigenvalue weighted by Gasteiger charge is -2.13. The third kappa shape index (κ3) is 2.96. The molecule has 0 amide bonds. The summed E-state index contributed by atoms with van der Waals surface area (Å²) in [5.41, 5.74) is 8.46. The summed E-state index contributed by atoms with van der Waals surface area (Å²) in [5, 5.41) is 0. The van der Waals surface area contributed by atoms with Crippen molar-refractivity contribution in [3.63, 3.8) is 0 Å². The maximum atomic E-state index is 5.00. The van der Waals surface area contributed by atoms with Crippen LogP contribution in [0.15, 0.2) is 97.1 Å². The van der Waals surface area contributed by atoms with Gasteiger partial charge in [0, 0.05) is 5.56 Å². The molecule has 0 saturated carbocycles. The molecular weight excluding hydrogens is 376 g/mol. The lowest BCUT2D eigenvalue weighted by atomic mass is 10.0. The summed E-state index contributed by atoms with van der Waals surface area (Å²) >= 11 is 0. The van der Waals surface area contributed by atoms with Crippen LogP contribution in [0.1, 0.15) is 22.3 Å². The predicted octanol–water partition coefficient (Wildman–Crippen LogP) is 6.58. The van der Waals surface area contributed by atoms with E-state index >= 15 is 0 Å².